The van der Waals surface area contributed by atoms with Crippen LogP contribution in [0.5, 0.6) is 0 Å². The fourth-order valence-electron chi connectivity index (χ4n) is 1.93. The van der Waals surface area contributed by atoms with Crippen LogP contribution in [0.1, 0.15) is 11.4 Å². The summed E-state index contributed by atoms with van der Waals surface area (Å²) < 4.78 is 7.18. The Bertz CT molecular complexity index is 551. The molecule has 2 rings (SSSR count). The summed E-state index contributed by atoms with van der Waals surface area (Å²) in [6.07, 6.45) is 0. The summed E-state index contributed by atoms with van der Waals surface area (Å²) in [5.41, 5.74) is 2.07. The molecule has 6 heteroatoms. The summed E-state index contributed by atoms with van der Waals surface area (Å²) in [4.78, 5) is 0. The van der Waals surface area contributed by atoms with Crippen LogP contribution in [0.15, 0.2) is 18.2 Å². The molecule has 4 nitrogen and oxygen atoms in total. The molecule has 0 aliphatic rings. The zero-order valence-corrected chi connectivity index (χ0v) is 13.2. The van der Waals surface area contributed by atoms with E-state index in [2.05, 4.69) is 32.2 Å². The second kappa shape index (κ2) is 6.50. The van der Waals surface area contributed by atoms with Gasteiger partial charge in [0, 0.05) is 24.2 Å². The monoisotopic (exact) mass is 343 g/mol. The van der Waals surface area contributed by atoms with E-state index in [1.807, 2.05) is 23.6 Å². The number of hydrogen-bond acceptors (Lipinski definition) is 3. The molecule has 0 atom stereocenters. The lowest BCUT2D eigenvalue weighted by atomic mass is 10.1. The second-order valence-electron chi connectivity index (χ2n) is 4.24. The van der Waals surface area contributed by atoms with Crippen LogP contribution in [0, 0.1) is 6.92 Å². The molecule has 0 fully saturated rings. The van der Waals surface area contributed by atoms with Gasteiger partial charge in [-0.2, -0.15) is 0 Å². The van der Waals surface area contributed by atoms with Gasteiger partial charge in [-0.25, -0.2) is 0 Å². The van der Waals surface area contributed by atoms with Gasteiger partial charge in [0.15, 0.2) is 5.82 Å². The van der Waals surface area contributed by atoms with Gasteiger partial charge >= 0.3 is 0 Å². The lowest BCUT2D eigenvalue weighted by Crippen LogP contribution is -2.09. The first kappa shape index (κ1) is 14.5. The highest BCUT2D eigenvalue weighted by Gasteiger charge is 2.13. The first-order chi connectivity index (χ1) is 9.15. The fourth-order valence-corrected chi connectivity index (χ4v) is 2.64. The van der Waals surface area contributed by atoms with Crippen LogP contribution in [-0.4, -0.2) is 28.5 Å². The number of ether oxygens (including phenoxy) is 1. The minimum absolute atomic E-state index is 0.616. The van der Waals surface area contributed by atoms with Gasteiger partial charge in [-0.15, -0.1) is 10.2 Å². The third kappa shape index (κ3) is 3.35. The van der Waals surface area contributed by atoms with Gasteiger partial charge in [-0.1, -0.05) is 27.5 Å². The maximum absolute atomic E-state index is 6.11. The highest BCUT2D eigenvalue weighted by molar-refractivity contribution is 9.08. The molecule has 0 bridgehead atoms. The van der Waals surface area contributed by atoms with Gasteiger partial charge in [-0.05, 0) is 30.7 Å². The molecule has 1 aromatic heterocycles. The Morgan fingerprint density at radius 2 is 2.11 bits per heavy atom. The Kier molecular flexibility index (Phi) is 4.96. The van der Waals surface area contributed by atoms with Gasteiger partial charge in [0.2, 0.25) is 0 Å². The van der Waals surface area contributed by atoms with Gasteiger partial charge < -0.3 is 9.30 Å². The predicted molar refractivity (Wildman–Crippen MR) is 79.7 cm³/mol. The van der Waals surface area contributed by atoms with Crippen molar-refractivity contribution in [2.75, 3.05) is 13.7 Å². The van der Waals surface area contributed by atoms with E-state index in [1.165, 1.54) is 0 Å². The summed E-state index contributed by atoms with van der Waals surface area (Å²) in [7, 11) is 1.68. The summed E-state index contributed by atoms with van der Waals surface area (Å²) in [5.74, 6) is 1.70. The maximum Gasteiger partial charge on any atom is 0.164 e. The van der Waals surface area contributed by atoms with Crippen LogP contribution in [-0.2, 0) is 16.6 Å². The number of rotatable bonds is 5. The smallest absolute Gasteiger partial charge is 0.164 e. The van der Waals surface area contributed by atoms with E-state index in [4.69, 9.17) is 16.3 Å². The van der Waals surface area contributed by atoms with E-state index in [-0.39, 0.29) is 0 Å². The number of benzene rings is 1. The maximum atomic E-state index is 6.11. The summed E-state index contributed by atoms with van der Waals surface area (Å²) >= 11 is 9.53. The van der Waals surface area contributed by atoms with E-state index in [1.54, 1.807) is 7.11 Å². The number of nitrogens with zero attached hydrogens (tertiary/aromatic N) is 3. The molecule has 102 valence electrons. The highest BCUT2D eigenvalue weighted by Crippen LogP contribution is 2.24. The normalized spacial score (nSPS) is 10.9. The number of aromatic nitrogens is 3. The molecule has 0 N–H and O–H groups in total. The molecule has 0 spiro atoms. The first-order valence-corrected chi connectivity index (χ1v) is 7.40. The molecule has 0 saturated carbocycles. The number of halogens is 2. The largest absolute Gasteiger partial charge is 0.383 e. The Balaban J connectivity index is 2.45. The Morgan fingerprint density at radius 3 is 2.74 bits per heavy atom. The average Bonchev–Trinajstić information content (AvgIpc) is 2.77. The van der Waals surface area contributed by atoms with E-state index in [9.17, 15) is 0 Å². The van der Waals surface area contributed by atoms with Gasteiger partial charge in [0.05, 0.1) is 11.9 Å². The van der Waals surface area contributed by atoms with E-state index >= 15 is 0 Å². The van der Waals surface area contributed by atoms with Crippen molar-refractivity contribution in [2.24, 2.45) is 0 Å². The number of alkyl halides is 1. The molecular formula is C13H15BrClN3O. The molecule has 0 aliphatic carbocycles. The SMILES string of the molecule is COCCn1c(CBr)nnc1-c1cc(C)cc(Cl)c1. The topological polar surface area (TPSA) is 39.9 Å². The van der Waals surface area contributed by atoms with E-state index in [0.29, 0.717) is 23.5 Å². The standard InChI is InChI=1S/C13H15BrClN3O/c1-9-5-10(7-11(15)6-9)13-17-16-12(8-14)18(13)3-4-19-2/h5-7H,3-4,8H2,1-2H3. The lowest BCUT2D eigenvalue weighted by molar-refractivity contribution is 0.187. The van der Waals surface area contributed by atoms with Crippen LogP contribution < -0.4 is 0 Å². The average molecular weight is 345 g/mol. The minimum atomic E-state index is 0.616. The Morgan fingerprint density at radius 1 is 1.32 bits per heavy atom. The molecule has 0 saturated heterocycles. The minimum Gasteiger partial charge on any atom is -0.383 e. The molecule has 1 aromatic carbocycles. The van der Waals surface area contributed by atoms with Crippen LogP contribution in [0.2, 0.25) is 5.02 Å². The van der Waals surface area contributed by atoms with Crippen molar-refractivity contribution in [1.82, 2.24) is 14.8 Å². The van der Waals surface area contributed by atoms with Crippen LogP contribution >= 0.6 is 27.5 Å². The van der Waals surface area contributed by atoms with Gasteiger partial charge in [-0.3, -0.25) is 0 Å². The van der Waals surface area contributed by atoms with Crippen LogP contribution in [0.4, 0.5) is 0 Å². The van der Waals surface area contributed by atoms with Crippen molar-refractivity contribution in [3.8, 4) is 11.4 Å². The zero-order valence-electron chi connectivity index (χ0n) is 10.9. The molecule has 0 aliphatic heterocycles. The molecular weight excluding hydrogens is 330 g/mol. The number of aryl methyl sites for hydroxylation is 1. The summed E-state index contributed by atoms with van der Waals surface area (Å²) in [6, 6.07) is 5.88. The fraction of sp³-hybridized carbons (Fsp3) is 0.385. The van der Waals surface area contributed by atoms with Crippen molar-refractivity contribution < 1.29 is 4.74 Å². The van der Waals surface area contributed by atoms with Crippen molar-refractivity contribution in [1.29, 1.82) is 0 Å². The third-order valence-electron chi connectivity index (χ3n) is 2.77. The van der Waals surface area contributed by atoms with Gasteiger partial charge in [0.1, 0.15) is 5.82 Å². The quantitative estimate of drug-likeness (QED) is 0.780. The number of hydrogen-bond donors (Lipinski definition) is 0. The van der Waals surface area contributed by atoms with Crippen molar-refractivity contribution in [3.05, 3.63) is 34.6 Å². The predicted octanol–water partition coefficient (Wildman–Crippen LogP) is 3.45. The van der Waals surface area contributed by atoms with Crippen LogP contribution in [0.25, 0.3) is 11.4 Å². The van der Waals surface area contributed by atoms with Crippen LogP contribution in [0.3, 0.4) is 0 Å². The Labute approximate surface area is 125 Å². The highest BCUT2D eigenvalue weighted by atomic mass is 79.9. The molecule has 0 amide bonds. The third-order valence-corrected chi connectivity index (χ3v) is 3.49. The molecule has 0 unspecified atom stereocenters. The molecule has 0 radical (unpaired) electrons. The second-order valence-corrected chi connectivity index (χ2v) is 5.23. The van der Waals surface area contributed by atoms with Gasteiger partial charge in [0.25, 0.3) is 0 Å². The lowest BCUT2D eigenvalue weighted by Gasteiger charge is -2.09. The molecule has 19 heavy (non-hydrogen) atoms. The van der Waals surface area contributed by atoms with Crippen molar-refractivity contribution in [2.45, 2.75) is 18.8 Å². The molecule has 2 aromatic rings. The molecule has 1 heterocycles. The Hall–Kier alpha value is -0.910. The zero-order chi connectivity index (χ0) is 13.8. The number of methoxy groups -OCH3 is 1. The van der Waals surface area contributed by atoms with Crippen molar-refractivity contribution >= 4 is 27.5 Å². The van der Waals surface area contributed by atoms with E-state index < -0.39 is 0 Å². The first-order valence-electron chi connectivity index (χ1n) is 5.90. The van der Waals surface area contributed by atoms with Crippen molar-refractivity contribution in [3.63, 3.8) is 0 Å². The summed E-state index contributed by atoms with van der Waals surface area (Å²) in [6.45, 7) is 3.34. The summed E-state index contributed by atoms with van der Waals surface area (Å²) in [5, 5.41) is 9.81. The van der Waals surface area contributed by atoms with E-state index in [0.717, 1.165) is 22.8 Å².